The molecule has 6 heteroatoms. The third kappa shape index (κ3) is 4.89. The molecule has 3 aliphatic rings. The van der Waals surface area contributed by atoms with E-state index in [1.165, 1.54) is 35.0 Å². The molecule has 0 aromatic rings. The number of rotatable bonds is 6. The summed E-state index contributed by atoms with van der Waals surface area (Å²) in [6.45, 7) is 0. The minimum Gasteiger partial charge on any atom is -0.287 e. The summed E-state index contributed by atoms with van der Waals surface area (Å²) in [6.07, 6.45) is 3.72. The Morgan fingerprint density at radius 1 is 0.800 bits per heavy atom. The van der Waals surface area contributed by atoms with E-state index in [0.717, 1.165) is 47.7 Å². The zero-order valence-corrected chi connectivity index (χ0v) is 14.7. The average molecular weight is 349 g/mol. The van der Waals surface area contributed by atoms with Gasteiger partial charge in [-0.3, -0.25) is 9.59 Å². The predicted octanol–water partition coefficient (Wildman–Crippen LogP) is 3.54. The molecule has 20 heavy (non-hydrogen) atoms. The lowest BCUT2D eigenvalue weighted by Gasteiger charge is -2.26. The van der Waals surface area contributed by atoms with Crippen LogP contribution in [0.4, 0.5) is 0 Å². The van der Waals surface area contributed by atoms with Crippen molar-refractivity contribution in [2.24, 2.45) is 11.8 Å². The summed E-state index contributed by atoms with van der Waals surface area (Å²) >= 11 is 6.97. The fraction of sp³-hybridized carbons (Fsp3) is 0.857. The predicted molar refractivity (Wildman–Crippen MR) is 92.9 cm³/mol. The largest absolute Gasteiger partial charge is 0.287 e. The van der Waals surface area contributed by atoms with Crippen LogP contribution in [0.1, 0.15) is 25.7 Å². The second-order valence-corrected chi connectivity index (χ2v) is 10.4. The number of hydrogen-bond donors (Lipinski definition) is 0. The van der Waals surface area contributed by atoms with Gasteiger partial charge in [-0.1, -0.05) is 23.5 Å². The minimum atomic E-state index is 0.219. The zero-order valence-electron chi connectivity index (χ0n) is 11.4. The number of carbonyl (C=O) groups is 2. The van der Waals surface area contributed by atoms with Gasteiger partial charge in [0.25, 0.3) is 0 Å². The Balaban J connectivity index is 1.34. The van der Waals surface area contributed by atoms with Gasteiger partial charge in [0.1, 0.15) is 0 Å². The van der Waals surface area contributed by atoms with Crippen LogP contribution in [0.2, 0.25) is 0 Å². The van der Waals surface area contributed by atoms with Crippen LogP contribution in [-0.4, -0.2) is 43.7 Å². The van der Waals surface area contributed by atoms with E-state index < -0.39 is 0 Å². The van der Waals surface area contributed by atoms with Crippen molar-refractivity contribution < 1.29 is 9.59 Å². The first-order valence-corrected chi connectivity index (χ1v) is 11.4. The molecule has 0 N–H and O–H groups in total. The summed E-state index contributed by atoms with van der Waals surface area (Å²) in [5.74, 6) is 4.90. The molecule has 0 amide bonds. The first kappa shape index (κ1) is 15.6. The molecule has 0 spiro atoms. The number of hydrogen-bond acceptors (Lipinski definition) is 6. The van der Waals surface area contributed by atoms with E-state index in [9.17, 15) is 9.59 Å². The van der Waals surface area contributed by atoms with Crippen molar-refractivity contribution in [1.82, 2.24) is 0 Å². The Hall–Kier alpha value is 0.740. The Labute approximate surface area is 137 Å². The highest BCUT2D eigenvalue weighted by molar-refractivity contribution is 8.16. The van der Waals surface area contributed by atoms with E-state index in [0.29, 0.717) is 10.2 Å². The highest BCUT2D eigenvalue weighted by Gasteiger charge is 2.32. The third-order valence-electron chi connectivity index (χ3n) is 4.02. The molecule has 2 nitrogen and oxygen atoms in total. The van der Waals surface area contributed by atoms with Gasteiger partial charge in [-0.25, -0.2) is 0 Å². The van der Waals surface area contributed by atoms with E-state index in [1.54, 1.807) is 0 Å². The minimum absolute atomic E-state index is 0.219. The monoisotopic (exact) mass is 348 g/mol. The maximum absolute atomic E-state index is 12.1. The van der Waals surface area contributed by atoms with Crippen LogP contribution in [0.25, 0.3) is 0 Å². The van der Waals surface area contributed by atoms with Crippen molar-refractivity contribution in [1.29, 1.82) is 0 Å². The summed E-state index contributed by atoms with van der Waals surface area (Å²) in [5.41, 5.74) is 0. The molecule has 0 aromatic carbocycles. The molecule has 0 bridgehead atoms. The van der Waals surface area contributed by atoms with Gasteiger partial charge in [0.2, 0.25) is 0 Å². The highest BCUT2D eigenvalue weighted by atomic mass is 32.2. The SMILES string of the molecule is O=C(SCC1CS1)C1CCC(C(=O)SCC2CS2)CC1. The molecule has 112 valence electrons. The quantitative estimate of drug-likeness (QED) is 0.683. The maximum atomic E-state index is 12.1. The van der Waals surface area contributed by atoms with Crippen molar-refractivity contribution >= 4 is 57.3 Å². The van der Waals surface area contributed by atoms with Crippen LogP contribution in [0.5, 0.6) is 0 Å². The summed E-state index contributed by atoms with van der Waals surface area (Å²) < 4.78 is 0. The summed E-state index contributed by atoms with van der Waals surface area (Å²) in [5, 5.41) is 2.23. The second-order valence-electron chi connectivity index (χ2n) is 5.72. The zero-order chi connectivity index (χ0) is 13.9. The molecule has 1 saturated carbocycles. The van der Waals surface area contributed by atoms with Gasteiger partial charge in [0.15, 0.2) is 10.2 Å². The summed E-state index contributed by atoms with van der Waals surface area (Å²) in [7, 11) is 0. The lowest BCUT2D eigenvalue weighted by atomic mass is 9.83. The van der Waals surface area contributed by atoms with Gasteiger partial charge in [-0.05, 0) is 25.7 Å². The molecule has 3 rings (SSSR count). The molecule has 3 fully saturated rings. The first-order valence-electron chi connectivity index (χ1n) is 7.29. The van der Waals surface area contributed by atoms with Gasteiger partial charge in [-0.2, -0.15) is 23.5 Å². The lowest BCUT2D eigenvalue weighted by Crippen LogP contribution is -2.24. The third-order valence-corrected chi connectivity index (χ3v) is 8.76. The van der Waals surface area contributed by atoms with Crippen LogP contribution < -0.4 is 0 Å². The Morgan fingerprint density at radius 3 is 1.45 bits per heavy atom. The Bertz CT molecular complexity index is 335. The van der Waals surface area contributed by atoms with Gasteiger partial charge in [0.05, 0.1) is 0 Å². The van der Waals surface area contributed by atoms with Crippen molar-refractivity contribution in [3.63, 3.8) is 0 Å². The maximum Gasteiger partial charge on any atom is 0.192 e. The van der Waals surface area contributed by atoms with E-state index >= 15 is 0 Å². The van der Waals surface area contributed by atoms with Crippen LogP contribution in [0.15, 0.2) is 0 Å². The van der Waals surface area contributed by atoms with Crippen molar-refractivity contribution in [3.8, 4) is 0 Å². The fourth-order valence-electron chi connectivity index (χ4n) is 2.48. The lowest BCUT2D eigenvalue weighted by molar-refractivity contribution is -0.119. The first-order chi connectivity index (χ1) is 9.72. The smallest absolute Gasteiger partial charge is 0.192 e. The van der Waals surface area contributed by atoms with Crippen LogP contribution in [0, 0.1) is 11.8 Å². The second kappa shape index (κ2) is 7.34. The van der Waals surface area contributed by atoms with Gasteiger partial charge >= 0.3 is 0 Å². The van der Waals surface area contributed by atoms with E-state index in [1.807, 2.05) is 23.5 Å². The molecule has 2 unspecified atom stereocenters. The molecule has 2 heterocycles. The normalized spacial score (nSPS) is 35.6. The molecule has 1 aliphatic carbocycles. The van der Waals surface area contributed by atoms with Crippen molar-refractivity contribution in [2.45, 2.75) is 36.2 Å². The van der Waals surface area contributed by atoms with E-state index in [4.69, 9.17) is 0 Å². The molecule has 2 atom stereocenters. The van der Waals surface area contributed by atoms with Gasteiger partial charge in [0, 0.05) is 45.3 Å². The Morgan fingerprint density at radius 2 is 1.15 bits per heavy atom. The topological polar surface area (TPSA) is 34.1 Å². The Kier molecular flexibility index (Phi) is 5.73. The molecule has 2 saturated heterocycles. The van der Waals surface area contributed by atoms with Crippen molar-refractivity contribution in [2.75, 3.05) is 23.0 Å². The summed E-state index contributed by atoms with van der Waals surface area (Å²) in [6, 6.07) is 0. The number of carbonyl (C=O) groups excluding carboxylic acids is 2. The number of thioether (sulfide) groups is 4. The molecule has 0 radical (unpaired) electrons. The summed E-state index contributed by atoms with van der Waals surface area (Å²) in [4.78, 5) is 24.2. The molecular weight excluding hydrogens is 328 g/mol. The van der Waals surface area contributed by atoms with Crippen LogP contribution in [0.3, 0.4) is 0 Å². The molecule has 2 aliphatic heterocycles. The van der Waals surface area contributed by atoms with Crippen LogP contribution in [-0.2, 0) is 9.59 Å². The average Bonchev–Trinajstić information content (AvgIpc) is 3.37. The molecule has 0 aromatic heterocycles. The van der Waals surface area contributed by atoms with Crippen molar-refractivity contribution in [3.05, 3.63) is 0 Å². The molecular formula is C14H20O2S4. The van der Waals surface area contributed by atoms with E-state index in [-0.39, 0.29) is 11.8 Å². The highest BCUT2D eigenvalue weighted by Crippen LogP contribution is 2.39. The van der Waals surface area contributed by atoms with E-state index in [2.05, 4.69) is 0 Å². The van der Waals surface area contributed by atoms with Crippen LogP contribution >= 0.6 is 47.0 Å². The fourth-order valence-corrected chi connectivity index (χ4v) is 6.34. The standard InChI is InChI=1S/C14H20O2S4/c15-13(19-7-11-5-17-11)9-1-2-10(4-3-9)14(16)20-8-12-6-18-12/h9-12H,1-8H2. The van der Waals surface area contributed by atoms with Gasteiger partial charge < -0.3 is 0 Å². The van der Waals surface area contributed by atoms with Gasteiger partial charge in [-0.15, -0.1) is 0 Å².